The minimum Gasteiger partial charge on any atom is -0.461 e. The van der Waals surface area contributed by atoms with Gasteiger partial charge in [-0.25, -0.2) is 0 Å². The number of aromatic nitrogens is 3. The number of likely N-dealkylation sites (tertiary alicyclic amines) is 1. The van der Waals surface area contributed by atoms with Gasteiger partial charge in [-0.1, -0.05) is 25.6 Å². The van der Waals surface area contributed by atoms with Gasteiger partial charge in [-0.05, 0) is 30.9 Å². The molecule has 0 aliphatic carbocycles. The molecule has 3 heterocycles. The van der Waals surface area contributed by atoms with Crippen molar-refractivity contribution in [3.63, 3.8) is 0 Å². The Morgan fingerprint density at radius 3 is 2.67 bits per heavy atom. The minimum absolute atomic E-state index is 0.0431. The molecule has 1 aliphatic rings. The number of amides is 2. The number of furan rings is 1. The molecular weight excluding hydrogens is 366 g/mol. The molecule has 2 aromatic rings. The van der Waals surface area contributed by atoms with Gasteiger partial charge in [-0.3, -0.25) is 14.2 Å². The van der Waals surface area contributed by atoms with Crippen molar-refractivity contribution in [2.24, 2.45) is 17.6 Å². The Bertz CT molecular complexity index is 779. The van der Waals surface area contributed by atoms with Crippen LogP contribution >= 0.6 is 11.8 Å². The van der Waals surface area contributed by atoms with Crippen LogP contribution in [-0.4, -0.2) is 50.3 Å². The number of nitrogens with zero attached hydrogens (tertiary/aromatic N) is 4. The molecule has 1 saturated heterocycles. The maximum atomic E-state index is 12.5. The Morgan fingerprint density at radius 2 is 2.07 bits per heavy atom. The normalized spacial score (nSPS) is 15.4. The summed E-state index contributed by atoms with van der Waals surface area (Å²) in [5.41, 5.74) is 5.35. The molecule has 1 fully saturated rings. The Morgan fingerprint density at radius 1 is 1.33 bits per heavy atom. The summed E-state index contributed by atoms with van der Waals surface area (Å²) in [7, 11) is 0. The summed E-state index contributed by atoms with van der Waals surface area (Å²) in [5, 5.41) is 9.22. The number of hydrogen-bond donors (Lipinski definition) is 1. The Kier molecular flexibility index (Phi) is 6.20. The molecule has 0 unspecified atom stereocenters. The first-order valence-electron chi connectivity index (χ1n) is 9.12. The Hall–Kier alpha value is -2.29. The topological polar surface area (TPSA) is 107 Å². The van der Waals surface area contributed by atoms with E-state index in [9.17, 15) is 9.59 Å². The molecular formula is C18H25N5O3S. The minimum atomic E-state index is -0.274. The van der Waals surface area contributed by atoms with Gasteiger partial charge in [0.05, 0.1) is 12.0 Å². The van der Waals surface area contributed by atoms with Gasteiger partial charge in [0.25, 0.3) is 0 Å². The zero-order valence-corrected chi connectivity index (χ0v) is 16.4. The zero-order chi connectivity index (χ0) is 19.4. The van der Waals surface area contributed by atoms with E-state index in [2.05, 4.69) is 24.0 Å². The maximum absolute atomic E-state index is 12.5. The van der Waals surface area contributed by atoms with E-state index in [0.717, 1.165) is 6.54 Å². The van der Waals surface area contributed by atoms with E-state index in [0.29, 0.717) is 48.6 Å². The quantitative estimate of drug-likeness (QED) is 0.724. The lowest BCUT2D eigenvalue weighted by atomic mass is 9.96. The van der Waals surface area contributed by atoms with Crippen LogP contribution in [0, 0.1) is 11.8 Å². The molecule has 2 N–H and O–H groups in total. The van der Waals surface area contributed by atoms with Crippen molar-refractivity contribution < 1.29 is 14.0 Å². The largest absolute Gasteiger partial charge is 0.461 e. The number of hydrogen-bond acceptors (Lipinski definition) is 6. The summed E-state index contributed by atoms with van der Waals surface area (Å²) in [6.07, 6.45) is 2.88. The van der Waals surface area contributed by atoms with Crippen molar-refractivity contribution in [2.75, 3.05) is 18.8 Å². The van der Waals surface area contributed by atoms with Gasteiger partial charge in [0.1, 0.15) is 0 Å². The predicted molar refractivity (Wildman–Crippen MR) is 102 cm³/mol. The second-order valence-corrected chi connectivity index (χ2v) is 8.08. The van der Waals surface area contributed by atoms with Crippen LogP contribution in [0.15, 0.2) is 28.0 Å². The van der Waals surface area contributed by atoms with Crippen molar-refractivity contribution in [1.82, 2.24) is 19.7 Å². The van der Waals surface area contributed by atoms with Crippen LogP contribution in [0.1, 0.15) is 26.7 Å². The third-order valence-electron chi connectivity index (χ3n) is 4.58. The van der Waals surface area contributed by atoms with Crippen LogP contribution < -0.4 is 5.73 Å². The van der Waals surface area contributed by atoms with Crippen LogP contribution in [0.2, 0.25) is 0 Å². The van der Waals surface area contributed by atoms with E-state index in [1.54, 1.807) is 11.2 Å². The fourth-order valence-corrected chi connectivity index (χ4v) is 3.99. The number of primary amides is 1. The fourth-order valence-electron chi connectivity index (χ4n) is 3.14. The molecule has 0 spiro atoms. The highest BCUT2D eigenvalue weighted by Crippen LogP contribution is 2.26. The van der Waals surface area contributed by atoms with E-state index in [1.165, 1.54) is 11.8 Å². The average Bonchev–Trinajstić information content (AvgIpc) is 3.29. The average molecular weight is 391 g/mol. The van der Waals surface area contributed by atoms with Crippen molar-refractivity contribution in [2.45, 2.75) is 38.4 Å². The highest BCUT2D eigenvalue weighted by Gasteiger charge is 2.26. The van der Waals surface area contributed by atoms with E-state index in [1.807, 2.05) is 16.7 Å². The molecule has 0 radical (unpaired) electrons. The molecule has 2 amide bonds. The molecule has 2 aromatic heterocycles. The molecule has 146 valence electrons. The number of nitrogens with two attached hydrogens (primary N) is 1. The second-order valence-electron chi connectivity index (χ2n) is 7.13. The molecule has 3 rings (SSSR count). The lowest BCUT2D eigenvalue weighted by Crippen LogP contribution is -2.42. The molecule has 8 nitrogen and oxygen atoms in total. The highest BCUT2D eigenvalue weighted by molar-refractivity contribution is 7.99. The zero-order valence-electron chi connectivity index (χ0n) is 15.6. The summed E-state index contributed by atoms with van der Waals surface area (Å²) < 4.78 is 7.46. The molecule has 0 atom stereocenters. The second kappa shape index (κ2) is 8.60. The van der Waals surface area contributed by atoms with Crippen LogP contribution in [0.4, 0.5) is 0 Å². The van der Waals surface area contributed by atoms with Crippen LogP contribution in [-0.2, 0) is 16.1 Å². The van der Waals surface area contributed by atoms with Crippen LogP contribution in [0.3, 0.4) is 0 Å². The first-order chi connectivity index (χ1) is 13.0. The summed E-state index contributed by atoms with van der Waals surface area (Å²) in [4.78, 5) is 25.6. The number of carbonyl (C=O) groups is 2. The van der Waals surface area contributed by atoms with E-state index in [-0.39, 0.29) is 23.5 Å². The third-order valence-corrected chi connectivity index (χ3v) is 5.53. The molecule has 0 bridgehead atoms. The van der Waals surface area contributed by atoms with Crippen molar-refractivity contribution in [3.05, 3.63) is 18.4 Å². The number of piperidine rings is 1. The first-order valence-corrected chi connectivity index (χ1v) is 10.1. The smallest absolute Gasteiger partial charge is 0.233 e. The number of thioether (sulfide) groups is 1. The van der Waals surface area contributed by atoms with Crippen LogP contribution in [0.5, 0.6) is 0 Å². The molecule has 1 aliphatic heterocycles. The van der Waals surface area contributed by atoms with E-state index < -0.39 is 0 Å². The number of rotatable bonds is 7. The van der Waals surface area contributed by atoms with Gasteiger partial charge in [-0.2, -0.15) is 0 Å². The van der Waals surface area contributed by atoms with Crippen molar-refractivity contribution in [3.8, 4) is 11.6 Å². The SMILES string of the molecule is CC(C)Cn1c(SCC(=O)N2CCC(C(N)=O)CC2)nnc1-c1ccco1. The molecule has 0 aromatic carbocycles. The van der Waals surface area contributed by atoms with Gasteiger partial charge in [0.15, 0.2) is 16.7 Å². The molecule has 9 heteroatoms. The lowest BCUT2D eigenvalue weighted by molar-refractivity contribution is -0.132. The van der Waals surface area contributed by atoms with E-state index >= 15 is 0 Å². The van der Waals surface area contributed by atoms with Crippen molar-refractivity contribution in [1.29, 1.82) is 0 Å². The summed E-state index contributed by atoms with van der Waals surface area (Å²) in [6.45, 7) is 6.12. The van der Waals surface area contributed by atoms with Gasteiger partial charge < -0.3 is 15.1 Å². The third kappa shape index (κ3) is 4.71. The van der Waals surface area contributed by atoms with Gasteiger partial charge in [0.2, 0.25) is 11.8 Å². The monoisotopic (exact) mass is 391 g/mol. The molecule has 27 heavy (non-hydrogen) atoms. The maximum Gasteiger partial charge on any atom is 0.233 e. The summed E-state index contributed by atoms with van der Waals surface area (Å²) >= 11 is 1.38. The number of carbonyl (C=O) groups excluding carboxylic acids is 2. The fraction of sp³-hybridized carbons (Fsp3) is 0.556. The van der Waals surface area contributed by atoms with Crippen molar-refractivity contribution >= 4 is 23.6 Å². The highest BCUT2D eigenvalue weighted by atomic mass is 32.2. The first kappa shape index (κ1) is 19.5. The predicted octanol–water partition coefficient (Wildman–Crippen LogP) is 2.01. The standard InChI is InChI=1S/C18H25N5O3S/c1-12(2)10-23-17(14-4-3-9-26-14)20-21-18(23)27-11-15(24)22-7-5-13(6-8-22)16(19)25/h3-4,9,12-13H,5-8,10-11H2,1-2H3,(H2,19,25). The summed E-state index contributed by atoms with van der Waals surface area (Å²) in [6, 6.07) is 3.67. The Labute approximate surface area is 162 Å². The van der Waals surface area contributed by atoms with Gasteiger partial charge in [0, 0.05) is 25.6 Å². The lowest BCUT2D eigenvalue weighted by Gasteiger charge is -2.30. The molecule has 0 saturated carbocycles. The Balaban J connectivity index is 1.64. The van der Waals surface area contributed by atoms with Crippen LogP contribution in [0.25, 0.3) is 11.6 Å². The van der Waals surface area contributed by atoms with Gasteiger partial charge >= 0.3 is 0 Å². The van der Waals surface area contributed by atoms with E-state index in [4.69, 9.17) is 10.2 Å². The van der Waals surface area contributed by atoms with Gasteiger partial charge in [-0.15, -0.1) is 10.2 Å². The summed E-state index contributed by atoms with van der Waals surface area (Å²) in [5.74, 6) is 1.67.